The summed E-state index contributed by atoms with van der Waals surface area (Å²) in [6.45, 7) is 3.73. The molecule has 0 heterocycles. The van der Waals surface area contributed by atoms with Crippen molar-refractivity contribution < 1.29 is 26.3 Å². The lowest BCUT2D eigenvalue weighted by molar-refractivity contribution is 0.251. The van der Waals surface area contributed by atoms with Crippen molar-refractivity contribution in [2.75, 3.05) is 0 Å². The molecule has 0 N–H and O–H groups in total. The molecular formula is C25H28F6. The van der Waals surface area contributed by atoms with E-state index in [1.807, 2.05) is 0 Å². The number of rotatable bonds is 7. The summed E-state index contributed by atoms with van der Waals surface area (Å²) in [4.78, 5) is 0. The van der Waals surface area contributed by atoms with Crippen molar-refractivity contribution in [2.24, 2.45) is 11.8 Å². The molecule has 2 aromatic rings. The Labute approximate surface area is 179 Å². The summed E-state index contributed by atoms with van der Waals surface area (Å²) in [7, 11) is 0. The maximum atomic E-state index is 14.7. The lowest BCUT2D eigenvalue weighted by atomic mass is 9.78. The monoisotopic (exact) mass is 442 g/mol. The molecule has 1 saturated carbocycles. The van der Waals surface area contributed by atoms with Gasteiger partial charge in [0.25, 0.3) is 0 Å². The molecule has 0 nitrogen and oxygen atoms in total. The molecular weight excluding hydrogens is 414 g/mol. The van der Waals surface area contributed by atoms with Crippen LogP contribution in [0.5, 0.6) is 0 Å². The van der Waals surface area contributed by atoms with E-state index in [-0.39, 0.29) is 24.3 Å². The van der Waals surface area contributed by atoms with Crippen LogP contribution < -0.4 is 0 Å². The van der Waals surface area contributed by atoms with E-state index in [4.69, 9.17) is 0 Å². The van der Waals surface area contributed by atoms with Crippen molar-refractivity contribution in [3.8, 4) is 11.1 Å². The van der Waals surface area contributed by atoms with Crippen LogP contribution in [0.25, 0.3) is 11.1 Å². The molecule has 0 bridgehead atoms. The first-order valence-electron chi connectivity index (χ1n) is 11.1. The second-order valence-electron chi connectivity index (χ2n) is 8.58. The van der Waals surface area contributed by atoms with Gasteiger partial charge in [0.2, 0.25) is 0 Å². The minimum atomic E-state index is -1.69. The van der Waals surface area contributed by atoms with Crippen LogP contribution in [0.1, 0.15) is 69.9 Å². The van der Waals surface area contributed by atoms with Crippen LogP contribution in [-0.4, -0.2) is 0 Å². The first-order chi connectivity index (χ1) is 14.8. The van der Waals surface area contributed by atoms with Crippen molar-refractivity contribution in [3.63, 3.8) is 0 Å². The van der Waals surface area contributed by atoms with Crippen molar-refractivity contribution in [1.29, 1.82) is 0 Å². The molecule has 0 radical (unpaired) electrons. The number of aryl methyl sites for hydroxylation is 1. The molecule has 0 aliphatic heterocycles. The summed E-state index contributed by atoms with van der Waals surface area (Å²) in [5.41, 5.74) is -2.70. The third-order valence-electron chi connectivity index (χ3n) is 6.63. The lowest BCUT2D eigenvalue weighted by Crippen LogP contribution is -2.16. The van der Waals surface area contributed by atoms with E-state index < -0.39 is 51.6 Å². The molecule has 1 aliphatic carbocycles. The van der Waals surface area contributed by atoms with Crippen LogP contribution in [0.4, 0.5) is 26.3 Å². The van der Waals surface area contributed by atoms with Gasteiger partial charge in [-0.3, -0.25) is 0 Å². The highest BCUT2D eigenvalue weighted by Crippen LogP contribution is 2.37. The minimum Gasteiger partial charge on any atom is -0.203 e. The number of hydrogen-bond donors (Lipinski definition) is 0. The predicted molar refractivity (Wildman–Crippen MR) is 110 cm³/mol. The van der Waals surface area contributed by atoms with Gasteiger partial charge in [0, 0.05) is 11.1 Å². The molecule has 0 saturated heterocycles. The van der Waals surface area contributed by atoms with E-state index in [0.29, 0.717) is 12.3 Å². The van der Waals surface area contributed by atoms with Crippen molar-refractivity contribution in [3.05, 3.63) is 58.2 Å². The first kappa shape index (κ1) is 23.7. The minimum absolute atomic E-state index is 0.00767. The van der Waals surface area contributed by atoms with Gasteiger partial charge >= 0.3 is 0 Å². The maximum absolute atomic E-state index is 14.7. The molecule has 1 fully saturated rings. The zero-order valence-corrected chi connectivity index (χ0v) is 17.9. The molecule has 0 atom stereocenters. The summed E-state index contributed by atoms with van der Waals surface area (Å²) in [5, 5.41) is 0. The highest BCUT2D eigenvalue weighted by atomic mass is 19.2. The average Bonchev–Trinajstić information content (AvgIpc) is 2.77. The van der Waals surface area contributed by atoms with Gasteiger partial charge < -0.3 is 0 Å². The van der Waals surface area contributed by atoms with Crippen LogP contribution in [0.3, 0.4) is 0 Å². The van der Waals surface area contributed by atoms with Crippen LogP contribution >= 0.6 is 0 Å². The van der Waals surface area contributed by atoms with Gasteiger partial charge in [0.05, 0.1) is 5.56 Å². The van der Waals surface area contributed by atoms with Gasteiger partial charge in [0.1, 0.15) is 0 Å². The van der Waals surface area contributed by atoms with E-state index in [0.717, 1.165) is 44.2 Å². The third kappa shape index (κ3) is 4.78. The average molecular weight is 442 g/mol. The molecule has 3 rings (SSSR count). The Bertz CT molecular complexity index is 899. The maximum Gasteiger partial charge on any atom is 0.170 e. The summed E-state index contributed by atoms with van der Waals surface area (Å²) in [6.07, 6.45) is 6.74. The first-order valence-corrected chi connectivity index (χ1v) is 11.1. The fraction of sp³-hybridized carbons (Fsp3) is 0.520. The van der Waals surface area contributed by atoms with Crippen molar-refractivity contribution in [2.45, 2.75) is 71.6 Å². The predicted octanol–water partition coefficient (Wildman–Crippen LogP) is 8.29. The van der Waals surface area contributed by atoms with Crippen molar-refractivity contribution >= 4 is 0 Å². The fourth-order valence-corrected chi connectivity index (χ4v) is 4.75. The Morgan fingerprint density at radius 2 is 1.23 bits per heavy atom. The standard InChI is InChI=1S/C25H28F6/c1-3-5-14-6-8-15(9-7-14)10-12-18-22(28)24(30)19(25(31)23(18)29)17-13-11-16(4-2)20(26)21(17)27/h11,13-15H,3-10,12H2,1-2H3. The summed E-state index contributed by atoms with van der Waals surface area (Å²) in [5.74, 6) is -8.31. The zero-order valence-electron chi connectivity index (χ0n) is 17.9. The van der Waals surface area contributed by atoms with Crippen LogP contribution in [-0.2, 0) is 12.8 Å². The summed E-state index contributed by atoms with van der Waals surface area (Å²) in [6, 6.07) is 2.11. The van der Waals surface area contributed by atoms with Crippen molar-refractivity contribution in [1.82, 2.24) is 0 Å². The van der Waals surface area contributed by atoms with Gasteiger partial charge in [-0.05, 0) is 36.7 Å². The van der Waals surface area contributed by atoms with Gasteiger partial charge in [0.15, 0.2) is 34.9 Å². The van der Waals surface area contributed by atoms with E-state index in [9.17, 15) is 26.3 Å². The molecule has 170 valence electrons. The zero-order chi connectivity index (χ0) is 22.7. The summed E-state index contributed by atoms with van der Waals surface area (Å²) >= 11 is 0. The Kier molecular flexibility index (Phi) is 7.71. The van der Waals surface area contributed by atoms with E-state index in [2.05, 4.69) is 6.92 Å². The van der Waals surface area contributed by atoms with Gasteiger partial charge in [-0.1, -0.05) is 64.5 Å². The quantitative estimate of drug-likeness (QED) is 0.299. The second kappa shape index (κ2) is 10.1. The van der Waals surface area contributed by atoms with E-state index in [1.54, 1.807) is 6.92 Å². The van der Waals surface area contributed by atoms with Gasteiger partial charge in [-0.2, -0.15) is 0 Å². The molecule has 1 aliphatic rings. The molecule has 0 unspecified atom stereocenters. The Hall–Kier alpha value is -1.98. The highest BCUT2D eigenvalue weighted by molar-refractivity contribution is 5.67. The van der Waals surface area contributed by atoms with Crippen LogP contribution in [0, 0.1) is 46.7 Å². The molecule has 0 spiro atoms. The highest BCUT2D eigenvalue weighted by Gasteiger charge is 2.29. The number of hydrogen-bond acceptors (Lipinski definition) is 0. The number of benzene rings is 2. The SMILES string of the molecule is CCCC1CCC(CCc2c(F)c(F)c(-c3ccc(CC)c(F)c3F)c(F)c2F)CC1. The van der Waals surface area contributed by atoms with E-state index >= 15 is 0 Å². The van der Waals surface area contributed by atoms with Crippen LogP contribution in [0.15, 0.2) is 12.1 Å². The lowest BCUT2D eigenvalue weighted by Gasteiger charge is -2.28. The molecule has 0 amide bonds. The Balaban J connectivity index is 1.85. The van der Waals surface area contributed by atoms with Gasteiger partial charge in [-0.25, -0.2) is 26.3 Å². The molecule has 0 aromatic heterocycles. The molecule has 2 aromatic carbocycles. The Morgan fingerprint density at radius 1 is 0.677 bits per heavy atom. The topological polar surface area (TPSA) is 0 Å². The fourth-order valence-electron chi connectivity index (χ4n) is 4.75. The molecule has 6 heteroatoms. The third-order valence-corrected chi connectivity index (χ3v) is 6.63. The van der Waals surface area contributed by atoms with Crippen LogP contribution in [0.2, 0.25) is 0 Å². The number of halogens is 6. The van der Waals surface area contributed by atoms with Gasteiger partial charge in [-0.15, -0.1) is 0 Å². The summed E-state index contributed by atoms with van der Waals surface area (Å²) < 4.78 is 87.3. The Morgan fingerprint density at radius 3 is 1.74 bits per heavy atom. The normalized spacial score (nSPS) is 19.1. The second-order valence-corrected chi connectivity index (χ2v) is 8.58. The van der Waals surface area contributed by atoms with E-state index in [1.165, 1.54) is 6.42 Å². The largest absolute Gasteiger partial charge is 0.203 e. The smallest absolute Gasteiger partial charge is 0.170 e. The molecule has 31 heavy (non-hydrogen) atoms.